The Bertz CT molecular complexity index is 391. The normalized spacial score (nSPS) is 13.4. The minimum atomic E-state index is -6.00. The van der Waals surface area contributed by atoms with Gasteiger partial charge in [0.2, 0.25) is 0 Å². The summed E-state index contributed by atoms with van der Waals surface area (Å²) in [5.74, 6) is 0. The fourth-order valence-corrected chi connectivity index (χ4v) is 1.72. The Morgan fingerprint density at radius 3 is 1.90 bits per heavy atom. The van der Waals surface area contributed by atoms with Crippen LogP contribution < -0.4 is 0 Å². The van der Waals surface area contributed by atoms with Crippen LogP contribution in [0.2, 0.25) is 5.02 Å². The van der Waals surface area contributed by atoms with Crippen LogP contribution in [0, 0.1) is 0 Å². The summed E-state index contributed by atoms with van der Waals surface area (Å²) in [4.78, 5) is 0. The first-order valence-corrected chi connectivity index (χ1v) is 6.41. The predicted octanol–water partition coefficient (Wildman–Crippen LogP) is 3.77. The van der Waals surface area contributed by atoms with Gasteiger partial charge in [-0.1, -0.05) is 23.7 Å². The van der Waals surface area contributed by atoms with Crippen LogP contribution in [-0.4, -0.2) is 44.1 Å². The number of quaternary nitrogens is 1. The molecule has 1 unspecified atom stereocenters. The molecule has 1 rings (SSSR count). The Labute approximate surface area is 121 Å². The molecule has 0 fully saturated rings. The van der Waals surface area contributed by atoms with Gasteiger partial charge in [0.25, 0.3) is 0 Å². The largest absolute Gasteiger partial charge is 0.673 e. The highest BCUT2D eigenvalue weighted by Gasteiger charge is 2.24. The van der Waals surface area contributed by atoms with Gasteiger partial charge in [-0.3, -0.25) is 0 Å². The van der Waals surface area contributed by atoms with Crippen LogP contribution in [0.3, 0.4) is 0 Å². The Hall–Kier alpha value is -0.785. The second-order valence-corrected chi connectivity index (χ2v) is 5.38. The summed E-state index contributed by atoms with van der Waals surface area (Å²) in [5.41, 5.74) is 1.25. The second-order valence-electron chi connectivity index (χ2n) is 4.95. The average molecular weight is 316 g/mol. The van der Waals surface area contributed by atoms with Gasteiger partial charge in [0.15, 0.2) is 0 Å². The lowest BCUT2D eigenvalue weighted by atomic mass is 10.1. The molecule has 0 heterocycles. The fraction of sp³-hybridized carbons (Fsp3) is 0.500. The third-order valence-corrected chi connectivity index (χ3v) is 3.33. The van der Waals surface area contributed by atoms with Gasteiger partial charge in [-0.15, -0.1) is 0 Å². The summed E-state index contributed by atoms with van der Waals surface area (Å²) in [5, 5.41) is 9.77. The number of likely N-dealkylation sites (N-methyl/N-ethyl adjacent to an activating group) is 1. The van der Waals surface area contributed by atoms with E-state index in [-0.39, 0.29) is 6.61 Å². The zero-order valence-corrected chi connectivity index (χ0v) is 12.4. The standard InChI is InChI=1S/C12H19ClNO.BF4/c1-10(14(2,3)8-9-15)11-4-6-12(13)7-5-11;2-1(3,4)5/h4-7,10,15H,8-9H2,1-3H3;/q+1;-1. The zero-order valence-electron chi connectivity index (χ0n) is 11.7. The first-order chi connectivity index (χ1) is 8.97. The van der Waals surface area contributed by atoms with Crippen molar-refractivity contribution in [2.24, 2.45) is 0 Å². The van der Waals surface area contributed by atoms with E-state index >= 15 is 0 Å². The molecular weight excluding hydrogens is 296 g/mol. The molecule has 1 N–H and O–H groups in total. The van der Waals surface area contributed by atoms with E-state index < -0.39 is 7.25 Å². The van der Waals surface area contributed by atoms with Crippen molar-refractivity contribution in [1.29, 1.82) is 0 Å². The molecule has 0 aliphatic rings. The van der Waals surface area contributed by atoms with Crippen LogP contribution >= 0.6 is 11.6 Å². The summed E-state index contributed by atoms with van der Waals surface area (Å²) >= 11 is 5.85. The van der Waals surface area contributed by atoms with E-state index in [1.165, 1.54) is 5.56 Å². The van der Waals surface area contributed by atoms with Crippen molar-refractivity contribution in [1.82, 2.24) is 0 Å². The first-order valence-electron chi connectivity index (χ1n) is 6.03. The maximum Gasteiger partial charge on any atom is 0.673 e. The molecule has 0 aliphatic heterocycles. The topological polar surface area (TPSA) is 20.2 Å². The molecule has 0 aromatic heterocycles. The quantitative estimate of drug-likeness (QED) is 0.509. The smallest absolute Gasteiger partial charge is 0.418 e. The van der Waals surface area contributed by atoms with Gasteiger partial charge in [0.1, 0.15) is 12.6 Å². The maximum atomic E-state index is 9.75. The molecule has 1 atom stereocenters. The molecule has 0 spiro atoms. The molecule has 0 aliphatic carbocycles. The molecule has 0 radical (unpaired) electrons. The Morgan fingerprint density at radius 1 is 1.15 bits per heavy atom. The third-order valence-electron chi connectivity index (χ3n) is 3.08. The van der Waals surface area contributed by atoms with Crippen LogP contribution in [0.5, 0.6) is 0 Å². The van der Waals surface area contributed by atoms with E-state index in [4.69, 9.17) is 16.7 Å². The minimum absolute atomic E-state index is 0.213. The van der Waals surface area contributed by atoms with Crippen LogP contribution in [0.1, 0.15) is 18.5 Å². The number of aliphatic hydroxyl groups excluding tert-OH is 1. The van der Waals surface area contributed by atoms with Crippen molar-refractivity contribution in [3.63, 3.8) is 0 Å². The molecule has 0 saturated heterocycles. The Balaban J connectivity index is 0.000000621. The summed E-state index contributed by atoms with van der Waals surface area (Å²) in [6.45, 7) is 3.13. The molecule has 20 heavy (non-hydrogen) atoms. The number of rotatable bonds is 4. The first kappa shape index (κ1) is 19.2. The lowest BCUT2D eigenvalue weighted by Crippen LogP contribution is -2.43. The zero-order chi connectivity index (χ0) is 16.0. The van der Waals surface area contributed by atoms with Crippen LogP contribution in [0.25, 0.3) is 0 Å². The van der Waals surface area contributed by atoms with Gasteiger partial charge in [-0.2, -0.15) is 0 Å². The summed E-state index contributed by atoms with van der Waals surface area (Å²) in [6, 6.07) is 8.27. The number of aliphatic hydroxyl groups is 1. The molecular formula is C12H19BClF4NO. The van der Waals surface area contributed by atoms with Gasteiger partial charge >= 0.3 is 7.25 Å². The highest BCUT2D eigenvalue weighted by Crippen LogP contribution is 2.25. The van der Waals surface area contributed by atoms with E-state index in [1.807, 2.05) is 24.3 Å². The molecule has 0 bridgehead atoms. The third kappa shape index (κ3) is 8.40. The van der Waals surface area contributed by atoms with Crippen molar-refractivity contribution in [3.8, 4) is 0 Å². The highest BCUT2D eigenvalue weighted by molar-refractivity contribution is 6.50. The molecule has 1 aromatic carbocycles. The molecule has 1 aromatic rings. The van der Waals surface area contributed by atoms with Gasteiger partial charge in [0, 0.05) is 10.6 Å². The lowest BCUT2D eigenvalue weighted by Gasteiger charge is -2.35. The Morgan fingerprint density at radius 2 is 1.55 bits per heavy atom. The molecule has 116 valence electrons. The number of halogens is 5. The average Bonchev–Trinajstić information content (AvgIpc) is 2.27. The van der Waals surface area contributed by atoms with Crippen molar-refractivity contribution in [3.05, 3.63) is 34.9 Å². The van der Waals surface area contributed by atoms with E-state index in [2.05, 4.69) is 21.0 Å². The SMILES string of the molecule is CC(c1ccc(Cl)cc1)[N+](C)(C)CCO.F[B-](F)(F)F. The highest BCUT2D eigenvalue weighted by atomic mass is 35.5. The Kier molecular flexibility index (Phi) is 7.55. The number of nitrogens with zero attached hydrogens (tertiary/aromatic N) is 1. The van der Waals surface area contributed by atoms with Crippen LogP contribution in [0.15, 0.2) is 24.3 Å². The number of hydrogen-bond acceptors (Lipinski definition) is 1. The van der Waals surface area contributed by atoms with Crippen molar-refractivity contribution >= 4 is 18.9 Å². The molecule has 0 amide bonds. The van der Waals surface area contributed by atoms with E-state index in [1.54, 1.807) is 0 Å². The minimum Gasteiger partial charge on any atom is -0.418 e. The van der Waals surface area contributed by atoms with Gasteiger partial charge in [0.05, 0.1) is 20.7 Å². The van der Waals surface area contributed by atoms with E-state index in [9.17, 15) is 17.3 Å². The second kappa shape index (κ2) is 7.85. The molecule has 0 saturated carbocycles. The van der Waals surface area contributed by atoms with E-state index in [0.717, 1.165) is 16.1 Å². The van der Waals surface area contributed by atoms with Crippen LogP contribution in [0.4, 0.5) is 17.3 Å². The van der Waals surface area contributed by atoms with Gasteiger partial charge < -0.3 is 26.9 Å². The van der Waals surface area contributed by atoms with E-state index in [0.29, 0.717) is 6.04 Å². The number of benzene rings is 1. The number of hydrogen-bond donors (Lipinski definition) is 1. The van der Waals surface area contributed by atoms with Crippen molar-refractivity contribution < 1.29 is 26.9 Å². The maximum absolute atomic E-state index is 9.75. The predicted molar refractivity (Wildman–Crippen MR) is 74.1 cm³/mol. The summed E-state index contributed by atoms with van der Waals surface area (Å²) in [7, 11) is -1.76. The van der Waals surface area contributed by atoms with Gasteiger partial charge in [-0.05, 0) is 19.1 Å². The summed E-state index contributed by atoms with van der Waals surface area (Å²) in [6.07, 6.45) is 0. The van der Waals surface area contributed by atoms with Crippen molar-refractivity contribution in [2.45, 2.75) is 13.0 Å². The van der Waals surface area contributed by atoms with Crippen molar-refractivity contribution in [2.75, 3.05) is 27.2 Å². The summed E-state index contributed by atoms with van der Waals surface area (Å²) < 4.78 is 39.8. The van der Waals surface area contributed by atoms with Crippen LogP contribution in [-0.2, 0) is 0 Å². The monoisotopic (exact) mass is 315 g/mol. The molecule has 2 nitrogen and oxygen atoms in total. The van der Waals surface area contributed by atoms with Gasteiger partial charge in [-0.25, -0.2) is 0 Å². The lowest BCUT2D eigenvalue weighted by molar-refractivity contribution is -0.919. The fourth-order valence-electron chi connectivity index (χ4n) is 1.60. The molecule has 8 heteroatoms.